The van der Waals surface area contributed by atoms with Crippen LogP contribution in [0.1, 0.15) is 169 Å². The standard InChI is InChI=1S/C39H74O17P2/c1-5-9-13-17-21-24-37(42)50-30-34(55-38(43)25-20-16-12-8-4)31-53-57(45,46)51-27-33(40)28-52-58(47,48)54-32-35(29-49-36(41)23-19-15-11-7-3)56-39(44)26-22-18-14-10-6-2/h33-35,40H,5-32H2,1-4H3,(H,45,46)(H,47,48)/t33-,34-,35-/m1/s1. The molecule has 0 saturated heterocycles. The molecule has 0 bridgehead atoms. The van der Waals surface area contributed by atoms with Crippen LogP contribution in [-0.2, 0) is 65.4 Å². The third-order valence-electron chi connectivity index (χ3n) is 8.60. The maximum atomic E-state index is 12.6. The second-order valence-corrected chi connectivity index (χ2v) is 17.2. The maximum absolute atomic E-state index is 12.6. The summed E-state index contributed by atoms with van der Waals surface area (Å²) in [6, 6.07) is 0. The van der Waals surface area contributed by atoms with Crippen molar-refractivity contribution >= 4 is 39.5 Å². The van der Waals surface area contributed by atoms with Crippen LogP contribution in [0.15, 0.2) is 0 Å². The quantitative estimate of drug-likeness (QED) is 0.0228. The van der Waals surface area contributed by atoms with Gasteiger partial charge in [-0.3, -0.25) is 37.3 Å². The van der Waals surface area contributed by atoms with Crippen molar-refractivity contribution in [1.29, 1.82) is 0 Å². The zero-order chi connectivity index (χ0) is 43.5. The Kier molecular flexibility index (Phi) is 34.6. The van der Waals surface area contributed by atoms with Gasteiger partial charge in [0.25, 0.3) is 0 Å². The fraction of sp³-hybridized carbons (Fsp3) is 0.897. The van der Waals surface area contributed by atoms with E-state index >= 15 is 0 Å². The normalized spacial score (nSPS) is 15.1. The molecule has 0 heterocycles. The zero-order valence-electron chi connectivity index (χ0n) is 35.5. The van der Waals surface area contributed by atoms with Gasteiger partial charge in [0.05, 0.1) is 26.4 Å². The molecule has 0 aromatic heterocycles. The monoisotopic (exact) mass is 876 g/mol. The van der Waals surface area contributed by atoms with Gasteiger partial charge in [0.2, 0.25) is 0 Å². The summed E-state index contributed by atoms with van der Waals surface area (Å²) in [5.41, 5.74) is 0. The Morgan fingerprint density at radius 3 is 1.02 bits per heavy atom. The number of hydrogen-bond acceptors (Lipinski definition) is 15. The highest BCUT2D eigenvalue weighted by atomic mass is 31.2. The van der Waals surface area contributed by atoms with E-state index < -0.39 is 97.5 Å². The van der Waals surface area contributed by atoms with Crippen molar-refractivity contribution in [3.63, 3.8) is 0 Å². The molecule has 0 aromatic rings. The number of esters is 4. The van der Waals surface area contributed by atoms with Crippen molar-refractivity contribution in [3.05, 3.63) is 0 Å². The molecule has 58 heavy (non-hydrogen) atoms. The Hall–Kier alpha value is -1.94. The van der Waals surface area contributed by atoms with Crippen LogP contribution in [0.4, 0.5) is 0 Å². The molecule has 5 atom stereocenters. The van der Waals surface area contributed by atoms with E-state index in [9.17, 15) is 43.2 Å². The van der Waals surface area contributed by atoms with Gasteiger partial charge in [-0.15, -0.1) is 0 Å². The number of unbranched alkanes of at least 4 members (excludes halogenated alkanes) is 14. The molecule has 0 fully saturated rings. The van der Waals surface area contributed by atoms with Crippen LogP contribution in [0.2, 0.25) is 0 Å². The highest BCUT2D eigenvalue weighted by Gasteiger charge is 2.30. The van der Waals surface area contributed by atoms with Crippen LogP contribution >= 0.6 is 15.6 Å². The van der Waals surface area contributed by atoms with E-state index in [1.807, 2.05) is 13.8 Å². The molecule has 0 rings (SSSR count). The second kappa shape index (κ2) is 35.8. The fourth-order valence-corrected chi connectivity index (χ4v) is 6.79. The first-order valence-corrected chi connectivity index (χ1v) is 24.3. The number of aliphatic hydroxyl groups excluding tert-OH is 1. The number of carbonyl (C=O) groups is 4. The number of ether oxygens (including phenoxy) is 4. The molecular weight excluding hydrogens is 802 g/mol. The van der Waals surface area contributed by atoms with E-state index in [2.05, 4.69) is 13.8 Å². The molecule has 0 aliphatic heterocycles. The molecule has 19 heteroatoms. The van der Waals surface area contributed by atoms with Gasteiger partial charge in [0.1, 0.15) is 19.3 Å². The summed E-state index contributed by atoms with van der Waals surface area (Å²) in [4.78, 5) is 69.7. The molecule has 0 radical (unpaired) electrons. The van der Waals surface area contributed by atoms with Crippen LogP contribution in [-0.4, -0.2) is 96.7 Å². The lowest BCUT2D eigenvalue weighted by Crippen LogP contribution is -2.30. The first kappa shape index (κ1) is 56.1. The van der Waals surface area contributed by atoms with Gasteiger partial charge in [-0.05, 0) is 25.7 Å². The van der Waals surface area contributed by atoms with Gasteiger partial charge in [0, 0.05) is 25.7 Å². The summed E-state index contributed by atoms with van der Waals surface area (Å²) in [7, 11) is -9.79. The lowest BCUT2D eigenvalue weighted by molar-refractivity contribution is -0.161. The minimum absolute atomic E-state index is 0.0947. The maximum Gasteiger partial charge on any atom is 0.472 e. The third-order valence-corrected chi connectivity index (χ3v) is 10.5. The molecule has 342 valence electrons. The Bertz CT molecular complexity index is 1190. The minimum Gasteiger partial charge on any atom is -0.462 e. The molecule has 0 spiro atoms. The lowest BCUT2D eigenvalue weighted by Gasteiger charge is -2.21. The summed E-state index contributed by atoms with van der Waals surface area (Å²) in [5, 5.41) is 10.3. The lowest BCUT2D eigenvalue weighted by atomic mass is 10.1. The number of aliphatic hydroxyl groups is 1. The minimum atomic E-state index is -4.90. The topological polar surface area (TPSA) is 237 Å². The Morgan fingerprint density at radius 1 is 0.414 bits per heavy atom. The van der Waals surface area contributed by atoms with Crippen molar-refractivity contribution in [1.82, 2.24) is 0 Å². The van der Waals surface area contributed by atoms with Crippen LogP contribution in [0.25, 0.3) is 0 Å². The summed E-state index contributed by atoms with van der Waals surface area (Å²) < 4.78 is 65.9. The molecule has 0 amide bonds. The number of phosphoric ester groups is 2. The summed E-state index contributed by atoms with van der Waals surface area (Å²) in [6.07, 6.45) is 12.2. The van der Waals surface area contributed by atoms with Crippen LogP contribution in [0.3, 0.4) is 0 Å². The van der Waals surface area contributed by atoms with E-state index in [-0.39, 0.29) is 25.7 Å². The SMILES string of the molecule is CCCCCCCC(=O)OC[C@H](COP(=O)(O)OC[C@@H](O)COP(=O)(O)OC[C@@H](COC(=O)CCCCCC)OC(=O)CCCCCCC)OC(=O)CCCCCC. The van der Waals surface area contributed by atoms with Gasteiger partial charge >= 0.3 is 39.5 Å². The van der Waals surface area contributed by atoms with Crippen molar-refractivity contribution in [3.8, 4) is 0 Å². The van der Waals surface area contributed by atoms with Crippen molar-refractivity contribution < 1.29 is 80.2 Å². The molecule has 17 nitrogen and oxygen atoms in total. The first-order valence-electron chi connectivity index (χ1n) is 21.3. The summed E-state index contributed by atoms with van der Waals surface area (Å²) in [5.74, 6) is -2.23. The van der Waals surface area contributed by atoms with E-state index in [4.69, 9.17) is 37.0 Å². The highest BCUT2D eigenvalue weighted by Crippen LogP contribution is 2.45. The predicted octanol–water partition coefficient (Wildman–Crippen LogP) is 8.19. The van der Waals surface area contributed by atoms with Crippen molar-refractivity contribution in [2.45, 2.75) is 187 Å². The van der Waals surface area contributed by atoms with Gasteiger partial charge in [-0.2, -0.15) is 0 Å². The number of phosphoric acid groups is 2. The van der Waals surface area contributed by atoms with E-state index in [0.29, 0.717) is 25.7 Å². The molecule has 0 aliphatic rings. The van der Waals surface area contributed by atoms with Crippen LogP contribution in [0.5, 0.6) is 0 Å². The Labute approximate surface area is 346 Å². The van der Waals surface area contributed by atoms with Gasteiger partial charge < -0.3 is 33.8 Å². The summed E-state index contributed by atoms with van der Waals surface area (Å²) >= 11 is 0. The largest absolute Gasteiger partial charge is 0.472 e. The molecule has 0 aromatic carbocycles. The van der Waals surface area contributed by atoms with Gasteiger partial charge in [-0.25, -0.2) is 9.13 Å². The Balaban J connectivity index is 5.08. The molecule has 2 unspecified atom stereocenters. The van der Waals surface area contributed by atoms with Gasteiger partial charge in [-0.1, -0.05) is 118 Å². The van der Waals surface area contributed by atoms with Gasteiger partial charge in [0.15, 0.2) is 12.2 Å². The zero-order valence-corrected chi connectivity index (χ0v) is 37.3. The molecule has 3 N–H and O–H groups in total. The predicted molar refractivity (Wildman–Crippen MR) is 215 cm³/mol. The molecule has 0 aliphatic carbocycles. The van der Waals surface area contributed by atoms with Crippen molar-refractivity contribution in [2.24, 2.45) is 0 Å². The highest BCUT2D eigenvalue weighted by molar-refractivity contribution is 7.47. The second-order valence-electron chi connectivity index (χ2n) is 14.3. The number of rotatable bonds is 40. The average molecular weight is 877 g/mol. The Morgan fingerprint density at radius 2 is 0.690 bits per heavy atom. The van der Waals surface area contributed by atoms with E-state index in [1.54, 1.807) is 0 Å². The van der Waals surface area contributed by atoms with Crippen molar-refractivity contribution in [2.75, 3.05) is 39.6 Å². The van der Waals surface area contributed by atoms with E-state index in [1.165, 1.54) is 0 Å². The van der Waals surface area contributed by atoms with Crippen LogP contribution < -0.4 is 0 Å². The fourth-order valence-electron chi connectivity index (χ4n) is 5.21. The molecule has 0 saturated carbocycles. The van der Waals surface area contributed by atoms with E-state index in [0.717, 1.165) is 89.9 Å². The first-order chi connectivity index (χ1) is 27.7. The number of carbonyl (C=O) groups excluding carboxylic acids is 4. The average Bonchev–Trinajstić information content (AvgIpc) is 3.18. The van der Waals surface area contributed by atoms with Crippen LogP contribution in [0, 0.1) is 0 Å². The number of hydrogen-bond donors (Lipinski definition) is 3. The smallest absolute Gasteiger partial charge is 0.462 e. The third kappa shape index (κ3) is 34.9. The molecular formula is C39H74O17P2. The summed E-state index contributed by atoms with van der Waals surface area (Å²) in [6.45, 7) is 4.24.